The molecular formula is C14H16ClNO. The molecule has 17 heavy (non-hydrogen) atoms. The summed E-state index contributed by atoms with van der Waals surface area (Å²) < 4.78 is 5.37. The smallest absolute Gasteiger partial charge is 0.122 e. The minimum Gasteiger partial charge on any atom is -0.496 e. The molecule has 0 heterocycles. The van der Waals surface area contributed by atoms with Crippen LogP contribution in [0.3, 0.4) is 0 Å². The van der Waals surface area contributed by atoms with Gasteiger partial charge in [0.05, 0.1) is 18.6 Å². The third-order valence-corrected chi connectivity index (χ3v) is 4.05. The minimum absolute atomic E-state index is 0.189. The van der Waals surface area contributed by atoms with Gasteiger partial charge in [0.25, 0.3) is 0 Å². The normalized spacial score (nSPS) is 17.1. The molecule has 1 saturated carbocycles. The van der Waals surface area contributed by atoms with Crippen molar-refractivity contribution in [1.82, 2.24) is 0 Å². The summed E-state index contributed by atoms with van der Waals surface area (Å²) in [6.07, 6.45) is 3.86. The zero-order valence-electron chi connectivity index (χ0n) is 10.2. The topological polar surface area (TPSA) is 33.0 Å². The van der Waals surface area contributed by atoms with Gasteiger partial charge < -0.3 is 4.74 Å². The van der Waals surface area contributed by atoms with Crippen molar-refractivity contribution in [3.05, 3.63) is 28.3 Å². The molecule has 0 aliphatic heterocycles. The highest BCUT2D eigenvalue weighted by Gasteiger charge is 2.37. The lowest BCUT2D eigenvalue weighted by molar-refractivity contribution is 0.212. The van der Waals surface area contributed by atoms with E-state index in [-0.39, 0.29) is 5.41 Å². The van der Waals surface area contributed by atoms with Gasteiger partial charge in [0.15, 0.2) is 0 Å². The van der Waals surface area contributed by atoms with E-state index in [1.165, 1.54) is 0 Å². The van der Waals surface area contributed by atoms with Crippen LogP contribution in [0.5, 0.6) is 5.75 Å². The molecule has 1 fully saturated rings. The van der Waals surface area contributed by atoms with Crippen molar-refractivity contribution in [3.8, 4) is 11.8 Å². The highest BCUT2D eigenvalue weighted by Crippen LogP contribution is 2.44. The van der Waals surface area contributed by atoms with Crippen molar-refractivity contribution in [2.24, 2.45) is 5.41 Å². The number of nitrogens with zero attached hydrogens (tertiary/aromatic N) is 1. The third kappa shape index (κ3) is 2.25. The maximum atomic E-state index is 9.26. The molecule has 1 aliphatic rings. The molecule has 0 amide bonds. The SMILES string of the molecule is COc1cc(C)c(Cl)cc1CC1(C#N)CCC1. The highest BCUT2D eigenvalue weighted by molar-refractivity contribution is 6.31. The predicted octanol–water partition coefficient (Wildman–Crippen LogP) is 3.89. The van der Waals surface area contributed by atoms with Crippen molar-refractivity contribution in [1.29, 1.82) is 5.26 Å². The van der Waals surface area contributed by atoms with Crippen LogP contribution in [-0.2, 0) is 6.42 Å². The lowest BCUT2D eigenvalue weighted by Crippen LogP contribution is -2.30. The molecule has 0 saturated heterocycles. The van der Waals surface area contributed by atoms with Crippen molar-refractivity contribution in [2.45, 2.75) is 32.6 Å². The molecule has 90 valence electrons. The van der Waals surface area contributed by atoms with Gasteiger partial charge in [-0.2, -0.15) is 5.26 Å². The molecule has 1 aromatic carbocycles. The molecule has 1 aliphatic carbocycles. The van der Waals surface area contributed by atoms with Gasteiger partial charge in [0.1, 0.15) is 5.75 Å². The molecule has 2 rings (SSSR count). The van der Waals surface area contributed by atoms with Gasteiger partial charge in [0.2, 0.25) is 0 Å². The van der Waals surface area contributed by atoms with Crippen LogP contribution in [0, 0.1) is 23.7 Å². The van der Waals surface area contributed by atoms with Crippen LogP contribution in [0.2, 0.25) is 5.02 Å². The largest absolute Gasteiger partial charge is 0.496 e. The third-order valence-electron chi connectivity index (χ3n) is 3.64. The van der Waals surface area contributed by atoms with E-state index in [1.54, 1.807) is 7.11 Å². The Hall–Kier alpha value is -1.20. The standard InChI is InChI=1S/C14H16ClNO/c1-10-6-13(17-2)11(7-12(10)15)8-14(9-16)4-3-5-14/h6-7H,3-5,8H2,1-2H3. The maximum absolute atomic E-state index is 9.26. The van der Waals surface area contributed by atoms with E-state index in [0.29, 0.717) is 0 Å². The van der Waals surface area contributed by atoms with E-state index in [9.17, 15) is 5.26 Å². The summed E-state index contributed by atoms with van der Waals surface area (Å²) in [6, 6.07) is 6.33. The highest BCUT2D eigenvalue weighted by atomic mass is 35.5. The first-order valence-electron chi connectivity index (χ1n) is 5.84. The molecule has 0 atom stereocenters. The Morgan fingerprint density at radius 3 is 2.65 bits per heavy atom. The van der Waals surface area contributed by atoms with Crippen LogP contribution in [0.25, 0.3) is 0 Å². The van der Waals surface area contributed by atoms with Crippen molar-refractivity contribution in [3.63, 3.8) is 0 Å². The van der Waals surface area contributed by atoms with Gasteiger partial charge in [-0.1, -0.05) is 18.0 Å². The average molecular weight is 250 g/mol. The quantitative estimate of drug-likeness (QED) is 0.814. The number of nitriles is 1. The molecule has 0 bridgehead atoms. The number of rotatable bonds is 3. The second kappa shape index (κ2) is 4.58. The number of methoxy groups -OCH3 is 1. The van der Waals surface area contributed by atoms with E-state index >= 15 is 0 Å². The Bertz CT molecular complexity index is 472. The molecule has 0 N–H and O–H groups in total. The monoisotopic (exact) mass is 249 g/mol. The Balaban J connectivity index is 2.32. The van der Waals surface area contributed by atoms with E-state index in [4.69, 9.17) is 16.3 Å². The molecular weight excluding hydrogens is 234 g/mol. The van der Waals surface area contributed by atoms with Crippen LogP contribution in [0.4, 0.5) is 0 Å². The fraction of sp³-hybridized carbons (Fsp3) is 0.500. The van der Waals surface area contributed by atoms with Crippen molar-refractivity contribution in [2.75, 3.05) is 7.11 Å². The fourth-order valence-corrected chi connectivity index (χ4v) is 2.51. The van der Waals surface area contributed by atoms with Crippen LogP contribution in [0.15, 0.2) is 12.1 Å². The molecule has 0 aromatic heterocycles. The lowest BCUT2D eigenvalue weighted by Gasteiger charge is -2.35. The zero-order valence-corrected chi connectivity index (χ0v) is 11.0. The summed E-state index contributed by atoms with van der Waals surface area (Å²) in [7, 11) is 1.66. The fourth-order valence-electron chi connectivity index (χ4n) is 2.32. The van der Waals surface area contributed by atoms with E-state index in [2.05, 4.69) is 6.07 Å². The maximum Gasteiger partial charge on any atom is 0.122 e. The van der Waals surface area contributed by atoms with Crippen molar-refractivity contribution < 1.29 is 4.74 Å². The predicted molar refractivity (Wildman–Crippen MR) is 68.3 cm³/mol. The number of ether oxygens (including phenoxy) is 1. The number of aryl methyl sites for hydroxylation is 1. The minimum atomic E-state index is -0.189. The van der Waals surface area contributed by atoms with Crippen molar-refractivity contribution >= 4 is 11.6 Å². The number of hydrogen-bond acceptors (Lipinski definition) is 2. The van der Waals surface area contributed by atoms with E-state index in [1.807, 2.05) is 19.1 Å². The van der Waals surface area contributed by atoms with Gasteiger partial charge in [0, 0.05) is 5.02 Å². The van der Waals surface area contributed by atoms with Gasteiger partial charge in [-0.05, 0) is 49.4 Å². The summed E-state index contributed by atoms with van der Waals surface area (Å²) in [5, 5.41) is 10.0. The van der Waals surface area contributed by atoms with Gasteiger partial charge in [-0.15, -0.1) is 0 Å². The Kier molecular flexibility index (Phi) is 3.31. The number of benzene rings is 1. The number of hydrogen-bond donors (Lipinski definition) is 0. The first kappa shape index (κ1) is 12.3. The summed E-state index contributed by atoms with van der Waals surface area (Å²) in [5.41, 5.74) is 1.86. The second-order valence-electron chi connectivity index (χ2n) is 4.84. The summed E-state index contributed by atoms with van der Waals surface area (Å²) in [6.45, 7) is 1.96. The Labute approximate surface area is 107 Å². The molecule has 2 nitrogen and oxygen atoms in total. The summed E-state index contributed by atoms with van der Waals surface area (Å²) >= 11 is 6.14. The lowest BCUT2D eigenvalue weighted by atomic mass is 9.66. The van der Waals surface area contributed by atoms with Gasteiger partial charge >= 0.3 is 0 Å². The molecule has 3 heteroatoms. The van der Waals surface area contributed by atoms with Crippen LogP contribution >= 0.6 is 11.6 Å². The van der Waals surface area contributed by atoms with Crippen LogP contribution in [0.1, 0.15) is 30.4 Å². The first-order valence-corrected chi connectivity index (χ1v) is 6.22. The van der Waals surface area contributed by atoms with E-state index < -0.39 is 0 Å². The van der Waals surface area contributed by atoms with Gasteiger partial charge in [-0.3, -0.25) is 0 Å². The summed E-state index contributed by atoms with van der Waals surface area (Å²) in [5.74, 6) is 0.841. The van der Waals surface area contributed by atoms with Crippen LogP contribution in [-0.4, -0.2) is 7.11 Å². The van der Waals surface area contributed by atoms with Crippen LogP contribution < -0.4 is 4.74 Å². The molecule has 0 unspecified atom stereocenters. The number of halogens is 1. The Morgan fingerprint density at radius 2 is 2.18 bits per heavy atom. The van der Waals surface area contributed by atoms with Gasteiger partial charge in [-0.25, -0.2) is 0 Å². The van der Waals surface area contributed by atoms with E-state index in [0.717, 1.165) is 47.6 Å². The Morgan fingerprint density at radius 1 is 1.47 bits per heavy atom. The molecule has 1 aromatic rings. The molecule has 0 radical (unpaired) electrons. The second-order valence-corrected chi connectivity index (χ2v) is 5.24. The first-order chi connectivity index (χ1) is 8.10. The zero-order chi connectivity index (χ0) is 12.5. The summed E-state index contributed by atoms with van der Waals surface area (Å²) in [4.78, 5) is 0. The average Bonchev–Trinajstić information content (AvgIpc) is 2.27. The molecule has 0 spiro atoms.